The highest BCUT2D eigenvalue weighted by molar-refractivity contribution is 7.18. The number of rotatable bonds is 5. The van der Waals surface area contributed by atoms with Crippen molar-refractivity contribution in [3.05, 3.63) is 50.6 Å². The fourth-order valence-electron chi connectivity index (χ4n) is 1.42. The first-order chi connectivity index (χ1) is 10.0. The van der Waals surface area contributed by atoms with Crippen molar-refractivity contribution in [2.24, 2.45) is 5.10 Å². The molecule has 1 heterocycles. The summed E-state index contributed by atoms with van der Waals surface area (Å²) in [5, 5.41) is 4.61. The molecule has 21 heavy (non-hydrogen) atoms. The van der Waals surface area contributed by atoms with Gasteiger partial charge in [0.05, 0.1) is 14.9 Å². The quantitative estimate of drug-likeness (QED) is 0.660. The van der Waals surface area contributed by atoms with Gasteiger partial charge in [0.2, 0.25) is 0 Å². The summed E-state index contributed by atoms with van der Waals surface area (Å²) in [5.74, 6) is 0.229. The lowest BCUT2D eigenvalue weighted by atomic mass is 10.3. The van der Waals surface area contributed by atoms with Gasteiger partial charge < -0.3 is 4.74 Å². The Balaban J connectivity index is 1.83. The highest BCUT2D eigenvalue weighted by Gasteiger charge is 2.04. The number of hydrogen-bond acceptors (Lipinski definition) is 4. The number of benzene rings is 1. The molecular weight excluding hydrogens is 331 g/mol. The molecular formula is C14H12Cl2N2O2S. The molecule has 2 aromatic rings. The molecule has 0 radical (unpaired) electrons. The summed E-state index contributed by atoms with van der Waals surface area (Å²) in [4.78, 5) is 12.5. The van der Waals surface area contributed by atoms with Crippen molar-refractivity contribution in [1.82, 2.24) is 5.43 Å². The van der Waals surface area contributed by atoms with Gasteiger partial charge >= 0.3 is 0 Å². The Morgan fingerprint density at radius 2 is 1.95 bits per heavy atom. The number of hydrazone groups is 1. The molecule has 110 valence electrons. The number of halogens is 2. The Morgan fingerprint density at radius 3 is 2.57 bits per heavy atom. The van der Waals surface area contributed by atoms with E-state index in [1.165, 1.54) is 11.3 Å². The zero-order chi connectivity index (χ0) is 15.2. The minimum absolute atomic E-state index is 0.121. The summed E-state index contributed by atoms with van der Waals surface area (Å²) in [6, 6.07) is 10.4. The van der Waals surface area contributed by atoms with Crippen LogP contribution in [0.1, 0.15) is 11.8 Å². The van der Waals surface area contributed by atoms with Crippen LogP contribution in [0.2, 0.25) is 9.36 Å². The number of amides is 1. The minimum atomic E-state index is -0.341. The molecule has 0 spiro atoms. The summed E-state index contributed by atoms with van der Waals surface area (Å²) in [5.41, 5.74) is 3.12. The van der Waals surface area contributed by atoms with Crippen LogP contribution in [-0.2, 0) is 4.79 Å². The average molecular weight is 343 g/mol. The number of nitrogens with zero attached hydrogens (tertiary/aromatic N) is 1. The van der Waals surface area contributed by atoms with Gasteiger partial charge in [-0.05, 0) is 43.3 Å². The van der Waals surface area contributed by atoms with E-state index >= 15 is 0 Å². The number of carbonyl (C=O) groups is 1. The summed E-state index contributed by atoms with van der Waals surface area (Å²) in [7, 11) is 0. The number of ether oxygens (including phenoxy) is 1. The minimum Gasteiger partial charge on any atom is -0.484 e. The Morgan fingerprint density at radius 1 is 1.24 bits per heavy atom. The summed E-state index contributed by atoms with van der Waals surface area (Å²) in [6.45, 7) is 1.67. The van der Waals surface area contributed by atoms with Gasteiger partial charge in [-0.2, -0.15) is 5.10 Å². The van der Waals surface area contributed by atoms with E-state index in [-0.39, 0.29) is 12.5 Å². The molecule has 0 saturated carbocycles. The van der Waals surface area contributed by atoms with Crippen LogP contribution in [0.4, 0.5) is 0 Å². The van der Waals surface area contributed by atoms with E-state index in [2.05, 4.69) is 10.5 Å². The fraction of sp³-hybridized carbons (Fsp3) is 0.143. The normalized spacial score (nSPS) is 11.3. The van der Waals surface area contributed by atoms with Gasteiger partial charge in [0.15, 0.2) is 6.61 Å². The third-order valence-corrected chi connectivity index (χ3v) is 4.05. The van der Waals surface area contributed by atoms with Crippen molar-refractivity contribution in [2.45, 2.75) is 6.92 Å². The molecule has 1 amide bonds. The van der Waals surface area contributed by atoms with Crippen LogP contribution < -0.4 is 10.2 Å². The molecule has 0 aliphatic carbocycles. The molecule has 0 fully saturated rings. The Bertz CT molecular complexity index is 653. The molecule has 0 aliphatic rings. The van der Waals surface area contributed by atoms with Crippen LogP contribution in [0, 0.1) is 0 Å². The average Bonchev–Trinajstić information content (AvgIpc) is 2.91. The van der Waals surface area contributed by atoms with Crippen LogP contribution in [0.15, 0.2) is 41.5 Å². The molecule has 1 aromatic heterocycles. The monoisotopic (exact) mass is 342 g/mol. The van der Waals surface area contributed by atoms with E-state index in [9.17, 15) is 4.79 Å². The smallest absolute Gasteiger partial charge is 0.277 e. The molecule has 2 rings (SSSR count). The molecule has 0 unspecified atom stereocenters. The summed E-state index contributed by atoms with van der Waals surface area (Å²) in [6.07, 6.45) is 0. The van der Waals surface area contributed by atoms with Gasteiger partial charge in [-0.1, -0.05) is 23.2 Å². The molecule has 0 bridgehead atoms. The maximum absolute atomic E-state index is 11.6. The van der Waals surface area contributed by atoms with Gasteiger partial charge in [-0.3, -0.25) is 4.79 Å². The largest absolute Gasteiger partial charge is 0.484 e. The topological polar surface area (TPSA) is 50.7 Å². The van der Waals surface area contributed by atoms with Crippen LogP contribution in [0.3, 0.4) is 0 Å². The van der Waals surface area contributed by atoms with Crippen molar-refractivity contribution in [3.8, 4) is 5.75 Å². The first-order valence-electron chi connectivity index (χ1n) is 6.02. The number of thiophene rings is 1. The standard InChI is InChI=1S/C14H12Cl2N2O2S/c1-9(12-6-7-13(16)21-12)17-18-14(19)8-20-11-4-2-10(15)3-5-11/h2-7H,8H2,1H3,(H,18,19). The van der Waals surface area contributed by atoms with E-state index in [1.54, 1.807) is 37.3 Å². The highest BCUT2D eigenvalue weighted by Crippen LogP contribution is 2.21. The van der Waals surface area contributed by atoms with Crippen molar-refractivity contribution >= 4 is 46.2 Å². The third kappa shape index (κ3) is 5.04. The van der Waals surface area contributed by atoms with Crippen molar-refractivity contribution in [2.75, 3.05) is 6.61 Å². The molecule has 1 N–H and O–H groups in total. The second kappa shape index (κ2) is 7.45. The Hall–Kier alpha value is -1.56. The molecule has 0 aliphatic heterocycles. The number of nitrogens with one attached hydrogen (secondary N) is 1. The van der Waals surface area contributed by atoms with E-state index in [1.807, 2.05) is 6.07 Å². The van der Waals surface area contributed by atoms with Gasteiger partial charge in [-0.15, -0.1) is 11.3 Å². The van der Waals surface area contributed by atoms with Gasteiger partial charge in [0, 0.05) is 5.02 Å². The summed E-state index contributed by atoms with van der Waals surface area (Å²) >= 11 is 13.0. The van der Waals surface area contributed by atoms with Crippen molar-refractivity contribution in [1.29, 1.82) is 0 Å². The van der Waals surface area contributed by atoms with Gasteiger partial charge in [0.25, 0.3) is 5.91 Å². The fourth-order valence-corrected chi connectivity index (χ4v) is 2.54. The van der Waals surface area contributed by atoms with Crippen molar-refractivity contribution in [3.63, 3.8) is 0 Å². The highest BCUT2D eigenvalue weighted by atomic mass is 35.5. The molecule has 0 saturated heterocycles. The predicted molar refractivity (Wildman–Crippen MR) is 86.6 cm³/mol. The maximum Gasteiger partial charge on any atom is 0.277 e. The molecule has 0 atom stereocenters. The Labute approximate surface area is 136 Å². The molecule has 1 aromatic carbocycles. The number of carbonyl (C=O) groups excluding carboxylic acids is 1. The SMILES string of the molecule is CC(=NNC(=O)COc1ccc(Cl)cc1)c1ccc(Cl)s1. The summed E-state index contributed by atoms with van der Waals surface area (Å²) < 4.78 is 5.98. The zero-order valence-corrected chi connectivity index (χ0v) is 13.4. The van der Waals surface area contributed by atoms with Crippen LogP contribution in [0.25, 0.3) is 0 Å². The zero-order valence-electron chi connectivity index (χ0n) is 11.1. The van der Waals surface area contributed by atoms with Crippen LogP contribution in [0.5, 0.6) is 5.75 Å². The lowest BCUT2D eigenvalue weighted by Crippen LogP contribution is -2.25. The second-order valence-corrected chi connectivity index (χ2v) is 6.23. The molecule has 4 nitrogen and oxygen atoms in total. The first-order valence-corrected chi connectivity index (χ1v) is 7.59. The van der Waals surface area contributed by atoms with Gasteiger partial charge in [-0.25, -0.2) is 5.43 Å². The maximum atomic E-state index is 11.6. The van der Waals surface area contributed by atoms with Gasteiger partial charge in [0.1, 0.15) is 5.75 Å². The first kappa shape index (κ1) is 15.8. The van der Waals surface area contributed by atoms with E-state index < -0.39 is 0 Å². The lowest BCUT2D eigenvalue weighted by molar-refractivity contribution is -0.123. The number of hydrogen-bond donors (Lipinski definition) is 1. The lowest BCUT2D eigenvalue weighted by Gasteiger charge is -2.05. The predicted octanol–water partition coefficient (Wildman–Crippen LogP) is 3.97. The van der Waals surface area contributed by atoms with Crippen molar-refractivity contribution < 1.29 is 9.53 Å². The second-order valence-electron chi connectivity index (χ2n) is 4.08. The van der Waals surface area contributed by atoms with Crippen LogP contribution >= 0.6 is 34.5 Å². The third-order valence-electron chi connectivity index (χ3n) is 2.46. The van der Waals surface area contributed by atoms with E-state index in [4.69, 9.17) is 27.9 Å². The van der Waals surface area contributed by atoms with Crippen LogP contribution in [-0.4, -0.2) is 18.2 Å². The van der Waals surface area contributed by atoms with E-state index in [0.717, 1.165) is 4.88 Å². The van der Waals surface area contributed by atoms with E-state index in [0.29, 0.717) is 20.8 Å². The molecule has 7 heteroatoms. The Kier molecular flexibility index (Phi) is 5.61.